The summed E-state index contributed by atoms with van der Waals surface area (Å²) in [5.41, 5.74) is 2.27. The maximum Gasteiger partial charge on any atom is 0.266 e. The summed E-state index contributed by atoms with van der Waals surface area (Å²) in [5.74, 6) is 2.36. The first-order valence-electron chi connectivity index (χ1n) is 13.9. The Morgan fingerprint density at radius 3 is 2.59 bits per heavy atom. The van der Waals surface area contributed by atoms with Crippen LogP contribution in [0.4, 0.5) is 5.95 Å². The lowest BCUT2D eigenvalue weighted by atomic mass is 9.92. The van der Waals surface area contributed by atoms with Gasteiger partial charge in [0.25, 0.3) is 5.95 Å². The molecule has 0 aliphatic carbocycles. The second kappa shape index (κ2) is 12.1. The highest BCUT2D eigenvalue weighted by Crippen LogP contribution is 2.27. The van der Waals surface area contributed by atoms with E-state index < -0.39 is 10.0 Å². The zero-order valence-electron chi connectivity index (χ0n) is 22.1. The molecule has 0 saturated carbocycles. The van der Waals surface area contributed by atoms with Gasteiger partial charge in [0, 0.05) is 32.7 Å². The molecule has 2 fully saturated rings. The van der Waals surface area contributed by atoms with Crippen molar-refractivity contribution in [2.75, 3.05) is 57.0 Å². The number of benzene rings is 1. The van der Waals surface area contributed by atoms with E-state index in [1.165, 1.54) is 48.5 Å². The molecule has 0 atom stereocenters. The summed E-state index contributed by atoms with van der Waals surface area (Å²) in [5, 5.41) is 13.2. The van der Waals surface area contributed by atoms with Crippen molar-refractivity contribution < 1.29 is 13.2 Å². The van der Waals surface area contributed by atoms with Gasteiger partial charge in [-0.3, -0.25) is 0 Å². The second-order valence-corrected chi connectivity index (χ2v) is 12.8. The molecule has 11 heteroatoms. The van der Waals surface area contributed by atoms with E-state index in [1.807, 2.05) is 12.1 Å². The average Bonchev–Trinajstić information content (AvgIpc) is 3.39. The fraction of sp³-hybridized carbons (Fsp3) is 0.731. The lowest BCUT2D eigenvalue weighted by molar-refractivity contribution is 0.213. The molecule has 0 spiro atoms. The van der Waals surface area contributed by atoms with E-state index >= 15 is 0 Å². The lowest BCUT2D eigenvalue weighted by Crippen LogP contribution is -2.35. The number of aromatic nitrogens is 4. The molecule has 3 aliphatic heterocycles. The van der Waals surface area contributed by atoms with Crippen molar-refractivity contribution in [3.05, 3.63) is 29.3 Å². The fourth-order valence-electron chi connectivity index (χ4n) is 5.73. The summed E-state index contributed by atoms with van der Waals surface area (Å²) in [4.78, 5) is 6.53. The molecule has 204 valence electrons. The molecule has 10 nitrogen and oxygen atoms in total. The van der Waals surface area contributed by atoms with E-state index in [1.54, 1.807) is 4.80 Å². The number of fused-ring (bicyclic) bond motifs is 1. The maximum atomic E-state index is 11.8. The number of ether oxygens (including phenoxy) is 1. The topological polar surface area (TPSA) is 96.7 Å². The van der Waals surface area contributed by atoms with Crippen molar-refractivity contribution in [2.24, 2.45) is 5.92 Å². The fourth-order valence-corrected chi connectivity index (χ4v) is 6.53. The molecule has 5 rings (SSSR count). The van der Waals surface area contributed by atoms with Gasteiger partial charge in [-0.2, -0.15) is 9.10 Å². The summed E-state index contributed by atoms with van der Waals surface area (Å²) in [7, 11) is -3.15. The highest BCUT2D eigenvalue weighted by Gasteiger charge is 2.24. The van der Waals surface area contributed by atoms with Gasteiger partial charge in [0.1, 0.15) is 5.75 Å². The zero-order valence-corrected chi connectivity index (χ0v) is 22.9. The highest BCUT2D eigenvalue weighted by molar-refractivity contribution is 7.88. The summed E-state index contributed by atoms with van der Waals surface area (Å²) in [6.07, 6.45) is 10.5. The normalized spacial score (nSPS) is 20.2. The van der Waals surface area contributed by atoms with E-state index in [4.69, 9.17) is 4.74 Å². The Hall–Kier alpha value is -2.24. The number of hydrogen-bond donors (Lipinski definition) is 0. The van der Waals surface area contributed by atoms with Crippen molar-refractivity contribution >= 4 is 16.0 Å². The molecule has 0 N–H and O–H groups in total. The number of rotatable bonds is 10. The number of sulfonamides is 1. The Morgan fingerprint density at radius 1 is 1.00 bits per heavy atom. The van der Waals surface area contributed by atoms with E-state index in [-0.39, 0.29) is 0 Å². The van der Waals surface area contributed by atoms with E-state index in [9.17, 15) is 8.42 Å². The van der Waals surface area contributed by atoms with Crippen LogP contribution >= 0.6 is 0 Å². The Kier molecular flexibility index (Phi) is 8.61. The van der Waals surface area contributed by atoms with Crippen molar-refractivity contribution in [1.82, 2.24) is 29.4 Å². The van der Waals surface area contributed by atoms with Crippen LogP contribution < -0.4 is 9.64 Å². The first kappa shape index (κ1) is 26.4. The predicted octanol–water partition coefficient (Wildman–Crippen LogP) is 2.55. The number of anilines is 1. The Labute approximate surface area is 221 Å². The minimum absolute atomic E-state index is 0.456. The molecule has 2 aromatic rings. The third-order valence-electron chi connectivity index (χ3n) is 8.05. The molecular formula is C26H41N7O3S. The van der Waals surface area contributed by atoms with Crippen LogP contribution in [0, 0.1) is 5.92 Å². The molecule has 3 aliphatic rings. The monoisotopic (exact) mass is 531 g/mol. The van der Waals surface area contributed by atoms with E-state index in [0.717, 1.165) is 75.5 Å². The van der Waals surface area contributed by atoms with Gasteiger partial charge < -0.3 is 14.5 Å². The van der Waals surface area contributed by atoms with Crippen LogP contribution in [0.2, 0.25) is 0 Å². The van der Waals surface area contributed by atoms with Crippen molar-refractivity contribution in [1.29, 1.82) is 0 Å². The van der Waals surface area contributed by atoms with Gasteiger partial charge >= 0.3 is 0 Å². The third-order valence-corrected chi connectivity index (χ3v) is 9.30. The van der Waals surface area contributed by atoms with Crippen LogP contribution in [0.15, 0.2) is 18.2 Å². The summed E-state index contributed by atoms with van der Waals surface area (Å²) in [6, 6.07) is 6.06. The predicted molar refractivity (Wildman–Crippen MR) is 143 cm³/mol. The molecule has 0 unspecified atom stereocenters. The lowest BCUT2D eigenvalue weighted by Gasteiger charge is -2.31. The van der Waals surface area contributed by atoms with Gasteiger partial charge in [0.2, 0.25) is 10.0 Å². The van der Waals surface area contributed by atoms with Gasteiger partial charge in [-0.25, -0.2) is 8.42 Å². The van der Waals surface area contributed by atoms with Crippen molar-refractivity contribution in [3.8, 4) is 5.75 Å². The van der Waals surface area contributed by atoms with Crippen molar-refractivity contribution in [2.45, 2.75) is 64.5 Å². The third kappa shape index (κ3) is 7.20. The molecule has 37 heavy (non-hydrogen) atoms. The number of tetrazole rings is 1. The van der Waals surface area contributed by atoms with Crippen LogP contribution in [0.25, 0.3) is 0 Å². The van der Waals surface area contributed by atoms with Gasteiger partial charge in [-0.1, -0.05) is 17.6 Å². The molecule has 0 radical (unpaired) electrons. The van der Waals surface area contributed by atoms with Gasteiger partial charge in [0.05, 0.1) is 19.4 Å². The average molecular weight is 532 g/mol. The molecule has 1 aromatic carbocycles. The zero-order chi connectivity index (χ0) is 25.7. The first-order chi connectivity index (χ1) is 17.9. The summed E-state index contributed by atoms with van der Waals surface area (Å²) in [6.45, 7) is 7.88. The molecule has 1 aromatic heterocycles. The molecule has 0 bridgehead atoms. The van der Waals surface area contributed by atoms with Crippen LogP contribution in [-0.4, -0.2) is 90.0 Å². The van der Waals surface area contributed by atoms with Gasteiger partial charge in [0.15, 0.2) is 0 Å². The quantitative estimate of drug-likeness (QED) is 0.432. The Balaban J connectivity index is 0.990. The minimum Gasteiger partial charge on any atom is -0.494 e. The molecule has 0 amide bonds. The van der Waals surface area contributed by atoms with Gasteiger partial charge in [-0.05, 0) is 92.4 Å². The maximum absolute atomic E-state index is 11.8. The number of nitrogens with zero attached hydrogens (tertiary/aromatic N) is 7. The van der Waals surface area contributed by atoms with Crippen molar-refractivity contribution in [3.63, 3.8) is 0 Å². The smallest absolute Gasteiger partial charge is 0.266 e. The van der Waals surface area contributed by atoms with Crippen LogP contribution in [0.1, 0.15) is 56.1 Å². The van der Waals surface area contributed by atoms with Crippen LogP contribution in [0.5, 0.6) is 5.75 Å². The number of likely N-dealkylation sites (tertiary alicyclic amines) is 1. The van der Waals surface area contributed by atoms with Crippen LogP contribution in [-0.2, 0) is 29.5 Å². The SMILES string of the molecule is CS(=O)(=O)N1CCc2cc(OCCCC3CCN(c4nnn(CCN5CCCCC5)n4)CC3)ccc2C1. The van der Waals surface area contributed by atoms with Gasteiger partial charge in [-0.15, -0.1) is 5.10 Å². The summed E-state index contributed by atoms with van der Waals surface area (Å²) < 4.78 is 31.2. The standard InChI is InChI=1S/C26H41N7O3S/c1-37(34,35)32-16-11-23-20-25(8-7-24(23)21-32)36-19-5-6-22-9-14-31(15-10-22)26-27-29-33(28-26)18-17-30-12-3-2-4-13-30/h7-8,20,22H,2-6,9-19,21H2,1H3. The first-order valence-corrected chi connectivity index (χ1v) is 15.7. The van der Waals surface area contributed by atoms with Crippen LogP contribution in [0.3, 0.4) is 0 Å². The number of piperidine rings is 2. The molecule has 4 heterocycles. The Bertz CT molecular complexity index is 1120. The minimum atomic E-state index is -3.15. The summed E-state index contributed by atoms with van der Waals surface area (Å²) >= 11 is 0. The van der Waals surface area contributed by atoms with E-state index in [2.05, 4.69) is 31.3 Å². The second-order valence-electron chi connectivity index (χ2n) is 10.8. The molecule has 2 saturated heterocycles. The highest BCUT2D eigenvalue weighted by atomic mass is 32.2. The number of hydrogen-bond acceptors (Lipinski definition) is 8. The molecular weight excluding hydrogens is 490 g/mol. The Morgan fingerprint density at radius 2 is 1.81 bits per heavy atom. The van der Waals surface area contributed by atoms with E-state index in [0.29, 0.717) is 25.6 Å². The largest absolute Gasteiger partial charge is 0.494 e.